The third-order valence-corrected chi connectivity index (χ3v) is 2.94. The number of ether oxygens (including phenoxy) is 1. The van der Waals surface area contributed by atoms with Crippen molar-refractivity contribution in [1.29, 1.82) is 0 Å². The van der Waals surface area contributed by atoms with Gasteiger partial charge in [0.1, 0.15) is 6.04 Å². The Labute approximate surface area is 105 Å². The van der Waals surface area contributed by atoms with E-state index in [-0.39, 0.29) is 5.92 Å². The van der Waals surface area contributed by atoms with Crippen LogP contribution in [0.15, 0.2) is 30.3 Å². The average Bonchev–Trinajstić information content (AvgIpc) is 2.33. The first kappa shape index (κ1) is 12.4. The summed E-state index contributed by atoms with van der Waals surface area (Å²) in [5.74, 6) is -1.19. The van der Waals surface area contributed by atoms with Gasteiger partial charge >= 0.3 is 12.1 Å². The van der Waals surface area contributed by atoms with Crippen molar-refractivity contribution in [3.63, 3.8) is 0 Å². The fraction of sp³-hybridized carbons (Fsp3) is 0.385. The molecule has 0 aliphatic carbocycles. The number of hydrogen-bond donors (Lipinski definition) is 1. The molecular weight excluding hydrogens is 234 g/mol. The summed E-state index contributed by atoms with van der Waals surface area (Å²) in [4.78, 5) is 24.0. The molecule has 0 bridgehead atoms. The predicted octanol–water partition coefficient (Wildman–Crippen LogP) is 2.25. The van der Waals surface area contributed by atoms with E-state index in [9.17, 15) is 14.7 Å². The molecule has 0 radical (unpaired) electrons. The molecule has 18 heavy (non-hydrogen) atoms. The summed E-state index contributed by atoms with van der Waals surface area (Å²) in [6, 6.07) is 8.25. The van der Waals surface area contributed by atoms with Gasteiger partial charge in [-0.25, -0.2) is 9.59 Å². The van der Waals surface area contributed by atoms with Crippen molar-refractivity contribution in [2.45, 2.75) is 26.1 Å². The molecule has 1 aliphatic heterocycles. The lowest BCUT2D eigenvalue weighted by Crippen LogP contribution is -2.58. The van der Waals surface area contributed by atoms with Crippen LogP contribution in [0, 0.1) is 5.92 Å². The Kier molecular flexibility index (Phi) is 3.23. The second kappa shape index (κ2) is 4.68. The minimum Gasteiger partial charge on any atom is -0.480 e. The van der Waals surface area contributed by atoms with Gasteiger partial charge in [-0.15, -0.1) is 0 Å². The molecule has 1 amide bonds. The third-order valence-electron chi connectivity index (χ3n) is 2.94. The second-order valence-electron chi connectivity index (χ2n) is 4.58. The van der Waals surface area contributed by atoms with Gasteiger partial charge in [-0.2, -0.15) is 0 Å². The molecule has 0 spiro atoms. The molecule has 0 saturated carbocycles. The number of cyclic esters (lactones) is 1. The molecule has 1 aromatic rings. The SMILES string of the molecule is CC(C)[C@@H](C(=O)O)N1C(=O)OC1c1ccccc1. The van der Waals surface area contributed by atoms with Gasteiger partial charge in [0.15, 0.2) is 0 Å². The molecule has 0 aromatic heterocycles. The smallest absolute Gasteiger partial charge is 0.415 e. The molecule has 1 fully saturated rings. The number of hydrogen-bond acceptors (Lipinski definition) is 3. The minimum absolute atomic E-state index is 0.179. The molecule has 5 heteroatoms. The van der Waals surface area contributed by atoms with Crippen molar-refractivity contribution in [1.82, 2.24) is 4.90 Å². The largest absolute Gasteiger partial charge is 0.480 e. The molecule has 2 rings (SSSR count). The van der Waals surface area contributed by atoms with Crippen LogP contribution >= 0.6 is 0 Å². The number of rotatable bonds is 4. The minimum atomic E-state index is -1.01. The zero-order valence-corrected chi connectivity index (χ0v) is 10.2. The van der Waals surface area contributed by atoms with Crippen molar-refractivity contribution in [2.24, 2.45) is 5.92 Å². The highest BCUT2D eigenvalue weighted by Crippen LogP contribution is 2.36. The van der Waals surface area contributed by atoms with Gasteiger partial charge in [-0.3, -0.25) is 4.90 Å². The summed E-state index contributed by atoms with van der Waals surface area (Å²) in [5, 5.41) is 9.21. The fourth-order valence-electron chi connectivity index (χ4n) is 2.09. The number of nitrogens with zero attached hydrogens (tertiary/aromatic N) is 1. The van der Waals surface area contributed by atoms with E-state index in [1.54, 1.807) is 13.8 Å². The van der Waals surface area contributed by atoms with Crippen LogP contribution in [0.2, 0.25) is 0 Å². The molecule has 5 nitrogen and oxygen atoms in total. The van der Waals surface area contributed by atoms with Crippen molar-refractivity contribution in [3.05, 3.63) is 35.9 Å². The monoisotopic (exact) mass is 249 g/mol. The molecule has 1 heterocycles. The highest BCUT2D eigenvalue weighted by molar-refractivity contribution is 5.83. The number of aliphatic carboxylic acids is 1. The van der Waals surface area contributed by atoms with E-state index in [1.165, 1.54) is 4.90 Å². The quantitative estimate of drug-likeness (QED) is 0.888. The van der Waals surface area contributed by atoms with Crippen LogP contribution in [0.25, 0.3) is 0 Å². The first-order valence-electron chi connectivity index (χ1n) is 5.79. The molecule has 96 valence electrons. The Morgan fingerprint density at radius 1 is 1.33 bits per heavy atom. The molecule has 1 unspecified atom stereocenters. The Balaban J connectivity index is 2.25. The maximum Gasteiger partial charge on any atom is 0.415 e. The van der Waals surface area contributed by atoms with E-state index in [1.807, 2.05) is 30.3 Å². The van der Waals surface area contributed by atoms with E-state index < -0.39 is 24.3 Å². The molecular formula is C13H15NO4. The van der Waals surface area contributed by atoms with Gasteiger partial charge in [0.2, 0.25) is 6.23 Å². The summed E-state index contributed by atoms with van der Waals surface area (Å²) < 4.78 is 5.04. The lowest BCUT2D eigenvalue weighted by atomic mass is 10.0. The molecule has 1 aliphatic rings. The molecule has 1 saturated heterocycles. The van der Waals surface area contributed by atoms with Gasteiger partial charge in [-0.05, 0) is 5.92 Å². The zero-order chi connectivity index (χ0) is 13.3. The zero-order valence-electron chi connectivity index (χ0n) is 10.2. The second-order valence-corrected chi connectivity index (χ2v) is 4.58. The lowest BCUT2D eigenvalue weighted by molar-refractivity contribution is -0.165. The van der Waals surface area contributed by atoms with Gasteiger partial charge in [0.25, 0.3) is 0 Å². The maximum atomic E-state index is 11.5. The van der Waals surface area contributed by atoms with Gasteiger partial charge < -0.3 is 9.84 Å². The van der Waals surface area contributed by atoms with Crippen LogP contribution in [0.3, 0.4) is 0 Å². The Bertz CT molecular complexity index is 457. The van der Waals surface area contributed by atoms with Crippen LogP contribution in [0.5, 0.6) is 0 Å². The topological polar surface area (TPSA) is 66.8 Å². The van der Waals surface area contributed by atoms with Crippen molar-refractivity contribution < 1.29 is 19.4 Å². The number of carbonyl (C=O) groups excluding carboxylic acids is 1. The number of benzene rings is 1. The Morgan fingerprint density at radius 2 is 1.94 bits per heavy atom. The fourth-order valence-corrected chi connectivity index (χ4v) is 2.09. The number of amides is 1. The van der Waals surface area contributed by atoms with Crippen LogP contribution in [0.1, 0.15) is 25.6 Å². The van der Waals surface area contributed by atoms with Crippen LogP contribution in [0.4, 0.5) is 4.79 Å². The van der Waals surface area contributed by atoms with Crippen LogP contribution in [-0.2, 0) is 9.53 Å². The Morgan fingerprint density at radius 3 is 2.39 bits per heavy atom. The summed E-state index contributed by atoms with van der Waals surface area (Å²) in [5.41, 5.74) is 0.781. The molecule has 1 aromatic carbocycles. The first-order valence-corrected chi connectivity index (χ1v) is 5.79. The number of carbonyl (C=O) groups is 2. The van der Waals surface area contributed by atoms with Crippen LogP contribution in [-0.4, -0.2) is 28.1 Å². The average molecular weight is 249 g/mol. The molecule has 2 atom stereocenters. The van der Waals surface area contributed by atoms with Gasteiger partial charge in [-0.1, -0.05) is 44.2 Å². The van der Waals surface area contributed by atoms with E-state index in [4.69, 9.17) is 4.74 Å². The third kappa shape index (κ3) is 2.03. The summed E-state index contributed by atoms with van der Waals surface area (Å²) in [6.07, 6.45) is -1.17. The maximum absolute atomic E-state index is 11.5. The highest BCUT2D eigenvalue weighted by atomic mass is 16.6. The van der Waals surface area contributed by atoms with E-state index in [0.717, 1.165) is 5.56 Å². The number of carboxylic acids is 1. The van der Waals surface area contributed by atoms with Gasteiger partial charge in [0, 0.05) is 5.56 Å². The summed E-state index contributed by atoms with van der Waals surface area (Å²) >= 11 is 0. The van der Waals surface area contributed by atoms with E-state index >= 15 is 0 Å². The lowest BCUT2D eigenvalue weighted by Gasteiger charge is -2.44. The van der Waals surface area contributed by atoms with E-state index in [0.29, 0.717) is 0 Å². The Hall–Kier alpha value is -2.04. The normalized spacial score (nSPS) is 20.3. The number of carboxylic acid groups (broad SMARTS) is 1. The molecule has 1 N–H and O–H groups in total. The summed E-state index contributed by atoms with van der Waals surface area (Å²) in [6.45, 7) is 3.54. The highest BCUT2D eigenvalue weighted by Gasteiger charge is 2.47. The van der Waals surface area contributed by atoms with Gasteiger partial charge in [0.05, 0.1) is 0 Å². The van der Waals surface area contributed by atoms with Crippen molar-refractivity contribution in [3.8, 4) is 0 Å². The standard InChI is InChI=1S/C13H15NO4/c1-8(2)10(12(15)16)14-11(18-13(14)17)9-6-4-3-5-7-9/h3-8,10-11H,1-2H3,(H,15,16)/t10-,11?/m0/s1. The van der Waals surface area contributed by atoms with Crippen molar-refractivity contribution in [2.75, 3.05) is 0 Å². The summed E-state index contributed by atoms with van der Waals surface area (Å²) in [7, 11) is 0. The van der Waals surface area contributed by atoms with Crippen LogP contribution < -0.4 is 0 Å². The van der Waals surface area contributed by atoms with Crippen molar-refractivity contribution >= 4 is 12.1 Å². The van der Waals surface area contributed by atoms with E-state index in [2.05, 4.69) is 0 Å². The first-order chi connectivity index (χ1) is 8.52. The predicted molar refractivity (Wildman–Crippen MR) is 63.8 cm³/mol.